The number of benzene rings is 2. The summed E-state index contributed by atoms with van der Waals surface area (Å²) in [5.74, 6) is -0.0540. The zero-order chi connectivity index (χ0) is 16.5. The number of hydrogen-bond acceptors (Lipinski definition) is 3. The van der Waals surface area contributed by atoms with Gasteiger partial charge in [0.05, 0.1) is 6.10 Å². The van der Waals surface area contributed by atoms with Gasteiger partial charge in [-0.05, 0) is 24.5 Å². The van der Waals surface area contributed by atoms with Crippen LogP contribution in [0.1, 0.15) is 18.1 Å². The molecule has 0 unspecified atom stereocenters. The van der Waals surface area contributed by atoms with Crippen LogP contribution < -0.4 is 5.32 Å². The minimum Gasteiger partial charge on any atom is -0.445 e. The van der Waals surface area contributed by atoms with E-state index in [2.05, 4.69) is 5.32 Å². The van der Waals surface area contributed by atoms with Gasteiger partial charge in [0.1, 0.15) is 6.61 Å². The van der Waals surface area contributed by atoms with Crippen LogP contribution >= 0.6 is 0 Å². The van der Waals surface area contributed by atoms with E-state index in [9.17, 15) is 9.90 Å². The van der Waals surface area contributed by atoms with Crippen molar-refractivity contribution in [3.05, 3.63) is 71.8 Å². The summed E-state index contributed by atoms with van der Waals surface area (Å²) >= 11 is 0. The molecule has 0 fully saturated rings. The second-order valence-corrected chi connectivity index (χ2v) is 5.63. The van der Waals surface area contributed by atoms with Crippen molar-refractivity contribution in [1.82, 2.24) is 5.32 Å². The molecule has 0 radical (unpaired) electrons. The second-order valence-electron chi connectivity index (χ2n) is 5.63. The predicted octanol–water partition coefficient (Wildman–Crippen LogP) is 3.15. The summed E-state index contributed by atoms with van der Waals surface area (Å²) in [7, 11) is 0. The predicted molar refractivity (Wildman–Crippen MR) is 89.9 cm³/mol. The molecule has 1 amide bonds. The summed E-state index contributed by atoms with van der Waals surface area (Å²) in [5, 5.41) is 12.6. The Balaban J connectivity index is 1.78. The third-order valence-corrected chi connectivity index (χ3v) is 3.74. The van der Waals surface area contributed by atoms with Crippen molar-refractivity contribution in [3.63, 3.8) is 0 Å². The van der Waals surface area contributed by atoms with Crippen LogP contribution in [0.4, 0.5) is 4.79 Å². The van der Waals surface area contributed by atoms with Crippen LogP contribution in [-0.2, 0) is 17.8 Å². The number of aliphatic hydroxyl groups excluding tert-OH is 1. The molecule has 2 rings (SSSR count). The summed E-state index contributed by atoms with van der Waals surface area (Å²) in [4.78, 5) is 11.8. The molecule has 23 heavy (non-hydrogen) atoms. The molecule has 0 saturated heterocycles. The minimum atomic E-state index is -0.510. The molecule has 0 aromatic heterocycles. The average Bonchev–Trinajstić information content (AvgIpc) is 2.58. The molecule has 2 atom stereocenters. The SMILES string of the molecule is C[C@H](O)[C@@H](CNC(=O)OCc1ccccc1)Cc1ccccc1. The molecule has 0 spiro atoms. The summed E-state index contributed by atoms with van der Waals surface area (Å²) < 4.78 is 5.18. The fourth-order valence-electron chi connectivity index (χ4n) is 2.32. The second kappa shape index (κ2) is 8.96. The lowest BCUT2D eigenvalue weighted by Gasteiger charge is -2.20. The molecule has 0 aliphatic rings. The smallest absolute Gasteiger partial charge is 0.407 e. The van der Waals surface area contributed by atoms with Crippen LogP contribution in [0.5, 0.6) is 0 Å². The molecule has 2 aromatic rings. The first-order valence-electron chi connectivity index (χ1n) is 7.81. The zero-order valence-corrected chi connectivity index (χ0v) is 13.3. The Morgan fingerprint density at radius 1 is 1.04 bits per heavy atom. The number of alkyl carbamates (subject to hydrolysis) is 1. The van der Waals surface area contributed by atoms with Crippen LogP contribution in [0.3, 0.4) is 0 Å². The highest BCUT2D eigenvalue weighted by atomic mass is 16.5. The number of aliphatic hydroxyl groups is 1. The number of rotatable bonds is 7. The van der Waals surface area contributed by atoms with Crippen LogP contribution in [0.25, 0.3) is 0 Å². The molecule has 4 nitrogen and oxygen atoms in total. The zero-order valence-electron chi connectivity index (χ0n) is 13.3. The Morgan fingerprint density at radius 2 is 1.61 bits per heavy atom. The number of ether oxygens (including phenoxy) is 1. The largest absolute Gasteiger partial charge is 0.445 e. The molecular formula is C19H23NO3. The maximum Gasteiger partial charge on any atom is 0.407 e. The lowest BCUT2D eigenvalue weighted by Crippen LogP contribution is -2.35. The van der Waals surface area contributed by atoms with Crippen LogP contribution in [-0.4, -0.2) is 23.8 Å². The van der Waals surface area contributed by atoms with Crippen LogP contribution in [0.15, 0.2) is 60.7 Å². The first-order chi connectivity index (χ1) is 11.1. The van der Waals surface area contributed by atoms with E-state index in [0.717, 1.165) is 11.1 Å². The van der Waals surface area contributed by atoms with Gasteiger partial charge in [0, 0.05) is 12.5 Å². The topological polar surface area (TPSA) is 58.6 Å². The first kappa shape index (κ1) is 17.0. The van der Waals surface area contributed by atoms with E-state index in [1.54, 1.807) is 6.92 Å². The molecule has 0 aliphatic heterocycles. The maximum absolute atomic E-state index is 11.8. The standard InChI is InChI=1S/C19H23NO3/c1-15(21)18(12-16-8-4-2-5-9-16)13-20-19(22)23-14-17-10-6-3-7-11-17/h2-11,15,18,21H,12-14H2,1H3,(H,20,22)/t15-,18+/m0/s1. The van der Waals surface area contributed by atoms with Gasteiger partial charge in [0.2, 0.25) is 0 Å². The summed E-state index contributed by atoms with van der Waals surface area (Å²) in [6.07, 6.45) is -0.269. The van der Waals surface area contributed by atoms with Gasteiger partial charge in [-0.2, -0.15) is 0 Å². The fraction of sp³-hybridized carbons (Fsp3) is 0.316. The fourth-order valence-corrected chi connectivity index (χ4v) is 2.32. The van der Waals surface area contributed by atoms with Gasteiger partial charge in [0.25, 0.3) is 0 Å². The van der Waals surface area contributed by atoms with E-state index in [0.29, 0.717) is 13.0 Å². The van der Waals surface area contributed by atoms with Gasteiger partial charge in [-0.15, -0.1) is 0 Å². The monoisotopic (exact) mass is 313 g/mol. The van der Waals surface area contributed by atoms with E-state index in [1.165, 1.54) is 0 Å². The maximum atomic E-state index is 11.8. The van der Waals surface area contributed by atoms with E-state index >= 15 is 0 Å². The van der Waals surface area contributed by atoms with Gasteiger partial charge in [-0.1, -0.05) is 60.7 Å². The molecule has 2 aromatic carbocycles. The third-order valence-electron chi connectivity index (χ3n) is 3.74. The molecular weight excluding hydrogens is 290 g/mol. The van der Waals surface area contributed by atoms with Crippen LogP contribution in [0, 0.1) is 5.92 Å². The summed E-state index contributed by atoms with van der Waals surface area (Å²) in [6.45, 7) is 2.36. The van der Waals surface area contributed by atoms with Gasteiger partial charge in [0.15, 0.2) is 0 Å². The molecule has 0 aliphatic carbocycles. The van der Waals surface area contributed by atoms with Crippen molar-refractivity contribution >= 4 is 6.09 Å². The van der Waals surface area contributed by atoms with Crippen molar-refractivity contribution < 1.29 is 14.6 Å². The normalized spacial score (nSPS) is 13.1. The van der Waals surface area contributed by atoms with Gasteiger partial charge >= 0.3 is 6.09 Å². The Kier molecular flexibility index (Phi) is 6.63. The van der Waals surface area contributed by atoms with E-state index in [4.69, 9.17) is 4.74 Å². The quantitative estimate of drug-likeness (QED) is 0.825. The highest BCUT2D eigenvalue weighted by Crippen LogP contribution is 2.12. The van der Waals surface area contributed by atoms with Crippen LogP contribution in [0.2, 0.25) is 0 Å². The minimum absolute atomic E-state index is 0.0540. The first-order valence-corrected chi connectivity index (χ1v) is 7.81. The van der Waals surface area contributed by atoms with Crippen molar-refractivity contribution in [3.8, 4) is 0 Å². The Hall–Kier alpha value is -2.33. The number of carbonyl (C=O) groups is 1. The van der Waals surface area contributed by atoms with E-state index < -0.39 is 12.2 Å². The number of hydrogen-bond donors (Lipinski definition) is 2. The van der Waals surface area contributed by atoms with Crippen molar-refractivity contribution in [2.75, 3.05) is 6.54 Å². The Bertz CT molecular complexity index is 584. The summed E-state index contributed by atoms with van der Waals surface area (Å²) in [6, 6.07) is 19.5. The Labute approximate surface area is 137 Å². The van der Waals surface area contributed by atoms with Crippen molar-refractivity contribution in [1.29, 1.82) is 0 Å². The van der Waals surface area contributed by atoms with Crippen molar-refractivity contribution in [2.45, 2.75) is 26.1 Å². The molecule has 122 valence electrons. The average molecular weight is 313 g/mol. The Morgan fingerprint density at radius 3 is 2.17 bits per heavy atom. The number of amides is 1. The third kappa shape index (κ3) is 6.12. The number of carbonyl (C=O) groups excluding carboxylic acids is 1. The molecule has 0 saturated carbocycles. The lowest BCUT2D eigenvalue weighted by molar-refractivity contribution is 0.112. The van der Waals surface area contributed by atoms with E-state index in [1.807, 2.05) is 60.7 Å². The molecule has 0 heterocycles. The highest BCUT2D eigenvalue weighted by Gasteiger charge is 2.17. The van der Waals surface area contributed by atoms with Gasteiger partial charge < -0.3 is 15.2 Å². The van der Waals surface area contributed by atoms with Crippen molar-refractivity contribution in [2.24, 2.45) is 5.92 Å². The molecule has 4 heteroatoms. The molecule has 0 bridgehead atoms. The summed E-state index contributed by atoms with van der Waals surface area (Å²) in [5.41, 5.74) is 2.08. The van der Waals surface area contributed by atoms with Gasteiger partial charge in [-0.3, -0.25) is 0 Å². The lowest BCUT2D eigenvalue weighted by atomic mass is 9.95. The van der Waals surface area contributed by atoms with Gasteiger partial charge in [-0.25, -0.2) is 4.79 Å². The number of nitrogens with one attached hydrogen (secondary N) is 1. The highest BCUT2D eigenvalue weighted by molar-refractivity contribution is 5.67. The molecule has 2 N–H and O–H groups in total. The van der Waals surface area contributed by atoms with E-state index in [-0.39, 0.29) is 12.5 Å².